The maximum absolute atomic E-state index is 13.0. The standard InChI is InChI=1S/C27H31F3N6O6S/c1-25(2,3)42-24(38)19-6-8-26(9-10-31,15-41-19)36-18-7-11-32-23(37)21(18)22(34-36)33-17-4-5-20-16(12-17)13-35(43(20,39)40)14-27(28,29)30/h4-5,7,11-12,19,39-40H,6,8-9,13-15H2,1-3H3,(H,32,37)(H,33,34). The minimum atomic E-state index is -4.63. The van der Waals surface area contributed by atoms with Gasteiger partial charge in [-0.2, -0.15) is 27.8 Å². The number of ether oxygens (including phenoxy) is 2. The van der Waals surface area contributed by atoms with Crippen LogP contribution < -0.4 is 10.9 Å². The average Bonchev–Trinajstić information content (AvgIpc) is 3.38. The number of hydrogen-bond acceptors (Lipinski definition) is 10. The number of esters is 1. The number of benzene rings is 1. The van der Waals surface area contributed by atoms with E-state index in [0.717, 1.165) is 0 Å². The summed E-state index contributed by atoms with van der Waals surface area (Å²) >= 11 is 0. The third-order valence-corrected chi connectivity index (χ3v) is 9.20. The van der Waals surface area contributed by atoms with Crippen LogP contribution in [0.3, 0.4) is 0 Å². The molecule has 2 unspecified atom stereocenters. The summed E-state index contributed by atoms with van der Waals surface area (Å²) in [6.45, 7) is 3.36. The number of nitriles is 1. The van der Waals surface area contributed by atoms with Crippen LogP contribution in [0.4, 0.5) is 24.7 Å². The van der Waals surface area contributed by atoms with Gasteiger partial charge in [0.1, 0.15) is 17.5 Å². The molecule has 2 aliphatic heterocycles. The zero-order valence-electron chi connectivity index (χ0n) is 23.6. The second-order valence-corrected chi connectivity index (χ2v) is 13.6. The molecule has 0 amide bonds. The summed E-state index contributed by atoms with van der Waals surface area (Å²) < 4.78 is 73.5. The Bertz CT molecular complexity index is 1650. The number of carbonyl (C=O) groups excluding carboxylic acids is 1. The summed E-state index contributed by atoms with van der Waals surface area (Å²) in [4.78, 5) is 28.2. The van der Waals surface area contributed by atoms with Crippen LogP contribution in [-0.2, 0) is 26.4 Å². The Kier molecular flexibility index (Phi) is 7.76. The lowest BCUT2D eigenvalue weighted by molar-refractivity contribution is -0.176. The molecule has 2 atom stereocenters. The molecule has 0 saturated carbocycles. The Labute approximate surface area is 245 Å². The first-order valence-electron chi connectivity index (χ1n) is 13.4. The molecular weight excluding hydrogens is 593 g/mol. The van der Waals surface area contributed by atoms with Gasteiger partial charge < -0.3 is 19.8 Å². The first-order valence-corrected chi connectivity index (χ1v) is 14.9. The Morgan fingerprint density at radius 2 is 2.07 bits per heavy atom. The van der Waals surface area contributed by atoms with Crippen molar-refractivity contribution in [3.63, 3.8) is 0 Å². The van der Waals surface area contributed by atoms with Crippen molar-refractivity contribution in [3.05, 3.63) is 46.4 Å². The normalized spacial score (nSPS) is 23.0. The van der Waals surface area contributed by atoms with Gasteiger partial charge in [0.15, 0.2) is 11.9 Å². The first-order chi connectivity index (χ1) is 20.0. The summed E-state index contributed by atoms with van der Waals surface area (Å²) in [7, 11) is -3.82. The molecule has 5 rings (SSSR count). The van der Waals surface area contributed by atoms with Crippen molar-refractivity contribution in [2.45, 2.75) is 74.9 Å². The number of carbonyl (C=O) groups is 1. The van der Waals surface area contributed by atoms with Gasteiger partial charge in [-0.3, -0.25) is 18.6 Å². The monoisotopic (exact) mass is 624 g/mol. The Hall–Kier alpha value is -3.62. The number of pyridine rings is 1. The highest BCUT2D eigenvalue weighted by molar-refractivity contribution is 8.22. The molecule has 0 aliphatic carbocycles. The number of anilines is 2. The number of halogens is 3. The van der Waals surface area contributed by atoms with Crippen LogP contribution >= 0.6 is 10.8 Å². The number of rotatable bonds is 6. The summed E-state index contributed by atoms with van der Waals surface area (Å²) in [6, 6.07) is 8.04. The van der Waals surface area contributed by atoms with Gasteiger partial charge in [0.25, 0.3) is 5.56 Å². The highest BCUT2D eigenvalue weighted by Gasteiger charge is 2.44. The second-order valence-electron chi connectivity index (χ2n) is 11.6. The van der Waals surface area contributed by atoms with Gasteiger partial charge in [0, 0.05) is 18.4 Å². The minimum Gasteiger partial charge on any atom is -0.458 e. The number of fused-ring (bicyclic) bond motifs is 2. The quantitative estimate of drug-likeness (QED) is 0.274. The number of aromatic amines is 1. The fraction of sp³-hybridized carbons (Fsp3) is 0.481. The van der Waals surface area contributed by atoms with Crippen LogP contribution in [-0.4, -0.2) is 65.2 Å². The zero-order chi connectivity index (χ0) is 31.4. The highest BCUT2D eigenvalue weighted by Crippen LogP contribution is 2.59. The van der Waals surface area contributed by atoms with Gasteiger partial charge in [0.2, 0.25) is 0 Å². The number of nitrogens with one attached hydrogen (secondary N) is 2. The Morgan fingerprint density at radius 1 is 1.33 bits per heavy atom. The van der Waals surface area contributed by atoms with Crippen molar-refractivity contribution in [2.24, 2.45) is 0 Å². The lowest BCUT2D eigenvalue weighted by Gasteiger charge is -2.39. The van der Waals surface area contributed by atoms with E-state index in [0.29, 0.717) is 21.9 Å². The summed E-state index contributed by atoms with van der Waals surface area (Å²) in [6.07, 6.45) is -3.49. The van der Waals surface area contributed by atoms with E-state index >= 15 is 0 Å². The number of alkyl halides is 3. The van der Waals surface area contributed by atoms with Crippen molar-refractivity contribution in [3.8, 4) is 6.07 Å². The van der Waals surface area contributed by atoms with E-state index < -0.39 is 52.3 Å². The predicted octanol–water partition coefficient (Wildman–Crippen LogP) is 5.00. The maximum atomic E-state index is 13.0. The van der Waals surface area contributed by atoms with Crippen LogP contribution in [0.25, 0.3) is 10.9 Å². The van der Waals surface area contributed by atoms with Gasteiger partial charge in [-0.1, -0.05) is 0 Å². The van der Waals surface area contributed by atoms with Gasteiger partial charge in [-0.25, -0.2) is 4.79 Å². The van der Waals surface area contributed by atoms with Crippen LogP contribution in [0.15, 0.2) is 40.2 Å². The molecule has 2 aromatic heterocycles. The van der Waals surface area contributed by atoms with Crippen LogP contribution in [0.1, 0.15) is 45.6 Å². The van der Waals surface area contributed by atoms with Crippen molar-refractivity contribution in [2.75, 3.05) is 18.5 Å². The molecule has 4 N–H and O–H groups in total. The molecule has 1 aromatic carbocycles. The molecular formula is C27H31F3N6O6S. The molecule has 4 heterocycles. The molecule has 0 spiro atoms. The summed E-state index contributed by atoms with van der Waals surface area (Å²) in [5.74, 6) is -0.399. The largest absolute Gasteiger partial charge is 0.458 e. The second kappa shape index (κ2) is 10.8. The van der Waals surface area contributed by atoms with E-state index in [1.165, 1.54) is 24.4 Å². The highest BCUT2D eigenvalue weighted by atomic mass is 32.3. The van der Waals surface area contributed by atoms with Crippen LogP contribution in [0, 0.1) is 11.3 Å². The van der Waals surface area contributed by atoms with Crippen molar-refractivity contribution in [1.29, 1.82) is 5.26 Å². The third kappa shape index (κ3) is 6.08. The van der Waals surface area contributed by atoms with Gasteiger partial charge in [-0.15, -0.1) is 10.8 Å². The van der Waals surface area contributed by atoms with Crippen LogP contribution in [0.2, 0.25) is 0 Å². The van der Waals surface area contributed by atoms with Gasteiger partial charge in [0.05, 0.1) is 35.0 Å². The molecule has 3 aromatic rings. The maximum Gasteiger partial charge on any atom is 0.403 e. The van der Waals surface area contributed by atoms with Gasteiger partial charge in [-0.05, 0) is 63.4 Å². The Morgan fingerprint density at radius 3 is 2.70 bits per heavy atom. The zero-order valence-corrected chi connectivity index (χ0v) is 24.4. The molecule has 12 nitrogen and oxygen atoms in total. The predicted molar refractivity (Wildman–Crippen MR) is 151 cm³/mol. The number of aromatic nitrogens is 3. The fourth-order valence-corrected chi connectivity index (χ4v) is 7.02. The van der Waals surface area contributed by atoms with Crippen molar-refractivity contribution >= 4 is 39.2 Å². The minimum absolute atomic E-state index is 0.0117. The topological polar surface area (TPSA) is 166 Å². The lowest BCUT2D eigenvalue weighted by Crippen LogP contribution is -2.47. The lowest BCUT2D eigenvalue weighted by atomic mass is 9.87. The summed E-state index contributed by atoms with van der Waals surface area (Å²) in [5, 5.41) is 17.6. The average molecular weight is 625 g/mol. The molecule has 1 fully saturated rings. The van der Waals surface area contributed by atoms with E-state index in [1.54, 1.807) is 31.5 Å². The summed E-state index contributed by atoms with van der Waals surface area (Å²) in [5.41, 5.74) is -1.18. The van der Waals surface area contributed by atoms with Crippen LogP contribution in [0.5, 0.6) is 0 Å². The number of hydrogen-bond donors (Lipinski definition) is 4. The Balaban J connectivity index is 1.47. The SMILES string of the molecule is CC(C)(C)OC(=O)C1CCC(CC#N)(n2nc(Nc3ccc4c(c3)CN(CC(F)(F)F)S4(O)O)c3c(=O)[nH]ccc32)CO1. The van der Waals surface area contributed by atoms with Gasteiger partial charge >= 0.3 is 12.1 Å². The van der Waals surface area contributed by atoms with E-state index in [4.69, 9.17) is 9.47 Å². The van der Waals surface area contributed by atoms with E-state index in [2.05, 4.69) is 21.5 Å². The molecule has 43 heavy (non-hydrogen) atoms. The van der Waals surface area contributed by atoms with E-state index in [1.807, 2.05) is 0 Å². The smallest absolute Gasteiger partial charge is 0.403 e. The molecule has 0 bridgehead atoms. The third-order valence-electron chi connectivity index (χ3n) is 7.24. The van der Waals surface area contributed by atoms with E-state index in [-0.39, 0.29) is 47.7 Å². The number of H-pyrrole nitrogens is 1. The fourth-order valence-electron chi connectivity index (χ4n) is 5.37. The number of nitrogens with zero attached hydrogens (tertiary/aromatic N) is 4. The molecule has 2 aliphatic rings. The molecule has 232 valence electrons. The van der Waals surface area contributed by atoms with Crippen molar-refractivity contribution < 1.29 is 36.5 Å². The molecule has 16 heteroatoms. The molecule has 0 radical (unpaired) electrons. The van der Waals surface area contributed by atoms with Crippen molar-refractivity contribution in [1.82, 2.24) is 19.1 Å². The molecule has 1 saturated heterocycles. The first kappa shape index (κ1) is 30.8. The van der Waals surface area contributed by atoms with E-state index in [9.17, 15) is 37.1 Å².